The zero-order valence-electron chi connectivity index (χ0n) is 11.3. The Hall–Kier alpha value is -2.03. The normalized spacial score (nSPS) is 10.7. The number of furan rings is 1. The fourth-order valence-corrected chi connectivity index (χ4v) is 1.87. The summed E-state index contributed by atoms with van der Waals surface area (Å²) in [5.41, 5.74) is 2.11. The highest BCUT2D eigenvalue weighted by Gasteiger charge is 2.05. The third kappa shape index (κ3) is 3.98. The molecule has 19 heavy (non-hydrogen) atoms. The van der Waals surface area contributed by atoms with E-state index in [1.807, 2.05) is 36.4 Å². The Morgan fingerprint density at radius 3 is 2.53 bits per heavy atom. The fraction of sp³-hybridized carbons (Fsp3) is 0.312. The van der Waals surface area contributed by atoms with Gasteiger partial charge in [-0.1, -0.05) is 26.0 Å². The standard InChI is InChI=1S/C16H19NO2/c1-12(2)13-5-7-14(8-6-13)17-16(18)10-9-15-4-3-11-19-15/h3-8,11-12H,9-10H2,1-2H3,(H,17,18). The van der Waals surface area contributed by atoms with Crippen molar-refractivity contribution in [1.82, 2.24) is 0 Å². The number of hydrogen-bond donors (Lipinski definition) is 1. The maximum absolute atomic E-state index is 11.8. The van der Waals surface area contributed by atoms with Gasteiger partial charge in [0.05, 0.1) is 6.26 Å². The molecule has 0 unspecified atom stereocenters. The average molecular weight is 257 g/mol. The first-order chi connectivity index (χ1) is 9.15. The summed E-state index contributed by atoms with van der Waals surface area (Å²) in [6.45, 7) is 4.30. The van der Waals surface area contributed by atoms with Gasteiger partial charge in [0.2, 0.25) is 5.91 Å². The van der Waals surface area contributed by atoms with Gasteiger partial charge in [-0.15, -0.1) is 0 Å². The topological polar surface area (TPSA) is 42.2 Å². The Labute approximate surface area is 113 Å². The molecule has 2 rings (SSSR count). The lowest BCUT2D eigenvalue weighted by molar-refractivity contribution is -0.116. The van der Waals surface area contributed by atoms with Crippen molar-refractivity contribution in [3.05, 3.63) is 54.0 Å². The average Bonchev–Trinajstić information content (AvgIpc) is 2.90. The lowest BCUT2D eigenvalue weighted by Crippen LogP contribution is -2.12. The summed E-state index contributed by atoms with van der Waals surface area (Å²) >= 11 is 0. The first-order valence-corrected chi connectivity index (χ1v) is 6.57. The first-order valence-electron chi connectivity index (χ1n) is 6.57. The maximum Gasteiger partial charge on any atom is 0.224 e. The molecule has 0 saturated carbocycles. The van der Waals surface area contributed by atoms with E-state index in [0.717, 1.165) is 11.4 Å². The predicted octanol–water partition coefficient (Wildman–Crippen LogP) is 3.97. The molecule has 0 radical (unpaired) electrons. The minimum absolute atomic E-state index is 0.00805. The van der Waals surface area contributed by atoms with Gasteiger partial charge in [-0.25, -0.2) is 0 Å². The van der Waals surface area contributed by atoms with Gasteiger partial charge in [-0.2, -0.15) is 0 Å². The molecule has 0 aliphatic rings. The van der Waals surface area contributed by atoms with Crippen LogP contribution in [-0.2, 0) is 11.2 Å². The van der Waals surface area contributed by atoms with E-state index in [4.69, 9.17) is 4.42 Å². The molecule has 0 aliphatic carbocycles. The Morgan fingerprint density at radius 2 is 1.95 bits per heavy atom. The van der Waals surface area contributed by atoms with E-state index in [9.17, 15) is 4.79 Å². The molecule has 1 aromatic heterocycles. The summed E-state index contributed by atoms with van der Waals surface area (Å²) in [4.78, 5) is 11.8. The summed E-state index contributed by atoms with van der Waals surface area (Å²) in [7, 11) is 0. The number of carbonyl (C=O) groups is 1. The highest BCUT2D eigenvalue weighted by Crippen LogP contribution is 2.17. The van der Waals surface area contributed by atoms with Crippen LogP contribution in [0.3, 0.4) is 0 Å². The van der Waals surface area contributed by atoms with Gasteiger partial charge in [0.15, 0.2) is 0 Å². The molecule has 1 amide bonds. The molecule has 0 aliphatic heterocycles. The van der Waals surface area contributed by atoms with Crippen molar-refractivity contribution >= 4 is 11.6 Å². The molecular weight excluding hydrogens is 238 g/mol. The van der Waals surface area contributed by atoms with Crippen LogP contribution in [0.2, 0.25) is 0 Å². The molecule has 100 valence electrons. The van der Waals surface area contributed by atoms with Gasteiger partial charge in [-0.3, -0.25) is 4.79 Å². The minimum Gasteiger partial charge on any atom is -0.469 e. The Morgan fingerprint density at radius 1 is 1.21 bits per heavy atom. The minimum atomic E-state index is 0.00805. The smallest absolute Gasteiger partial charge is 0.224 e. The fourth-order valence-electron chi connectivity index (χ4n) is 1.87. The zero-order valence-corrected chi connectivity index (χ0v) is 11.3. The van der Waals surface area contributed by atoms with Crippen molar-refractivity contribution in [1.29, 1.82) is 0 Å². The maximum atomic E-state index is 11.8. The van der Waals surface area contributed by atoms with Gasteiger partial charge in [0.1, 0.15) is 5.76 Å². The highest BCUT2D eigenvalue weighted by atomic mass is 16.3. The lowest BCUT2D eigenvalue weighted by Gasteiger charge is -2.08. The Balaban J connectivity index is 1.84. The van der Waals surface area contributed by atoms with Gasteiger partial charge in [-0.05, 0) is 35.7 Å². The van der Waals surface area contributed by atoms with Crippen LogP contribution in [0, 0.1) is 0 Å². The van der Waals surface area contributed by atoms with Gasteiger partial charge in [0, 0.05) is 18.5 Å². The number of carbonyl (C=O) groups excluding carboxylic acids is 1. The number of hydrogen-bond acceptors (Lipinski definition) is 2. The predicted molar refractivity (Wildman–Crippen MR) is 76.2 cm³/mol. The molecule has 2 aromatic rings. The van der Waals surface area contributed by atoms with Crippen LogP contribution in [0.1, 0.15) is 37.5 Å². The number of rotatable bonds is 5. The van der Waals surface area contributed by atoms with E-state index >= 15 is 0 Å². The quantitative estimate of drug-likeness (QED) is 0.880. The summed E-state index contributed by atoms with van der Waals surface area (Å²) in [5.74, 6) is 1.35. The number of benzene rings is 1. The van der Waals surface area contributed by atoms with Crippen LogP contribution >= 0.6 is 0 Å². The van der Waals surface area contributed by atoms with E-state index in [1.54, 1.807) is 6.26 Å². The van der Waals surface area contributed by atoms with Crippen molar-refractivity contribution < 1.29 is 9.21 Å². The number of nitrogens with one attached hydrogen (secondary N) is 1. The monoisotopic (exact) mass is 257 g/mol. The number of amides is 1. The van der Waals surface area contributed by atoms with E-state index in [-0.39, 0.29) is 5.91 Å². The molecule has 1 aromatic carbocycles. The molecule has 1 heterocycles. The SMILES string of the molecule is CC(C)c1ccc(NC(=O)CCc2ccco2)cc1. The second-order valence-electron chi connectivity index (χ2n) is 4.90. The van der Waals surface area contributed by atoms with Crippen molar-refractivity contribution in [2.45, 2.75) is 32.6 Å². The number of aryl methyl sites for hydroxylation is 1. The molecule has 3 nitrogen and oxygen atoms in total. The third-order valence-electron chi connectivity index (χ3n) is 3.04. The highest BCUT2D eigenvalue weighted by molar-refractivity contribution is 5.90. The Bertz CT molecular complexity index is 512. The van der Waals surface area contributed by atoms with Crippen LogP contribution in [-0.4, -0.2) is 5.91 Å². The molecule has 0 saturated heterocycles. The lowest BCUT2D eigenvalue weighted by atomic mass is 10.0. The first kappa shape index (κ1) is 13.4. The van der Waals surface area contributed by atoms with Crippen LogP contribution in [0.25, 0.3) is 0 Å². The van der Waals surface area contributed by atoms with Crippen molar-refractivity contribution in [3.63, 3.8) is 0 Å². The van der Waals surface area contributed by atoms with Crippen LogP contribution in [0.5, 0.6) is 0 Å². The largest absolute Gasteiger partial charge is 0.469 e. The number of anilines is 1. The zero-order chi connectivity index (χ0) is 13.7. The summed E-state index contributed by atoms with van der Waals surface area (Å²) in [6, 6.07) is 11.7. The van der Waals surface area contributed by atoms with Crippen LogP contribution in [0.4, 0.5) is 5.69 Å². The second kappa shape index (κ2) is 6.23. The summed E-state index contributed by atoms with van der Waals surface area (Å²) in [5, 5.41) is 2.89. The van der Waals surface area contributed by atoms with Crippen molar-refractivity contribution in [3.8, 4) is 0 Å². The molecule has 0 fully saturated rings. The molecule has 0 spiro atoms. The van der Waals surface area contributed by atoms with Crippen LogP contribution < -0.4 is 5.32 Å². The molecule has 3 heteroatoms. The summed E-state index contributed by atoms with van der Waals surface area (Å²) < 4.78 is 5.20. The van der Waals surface area contributed by atoms with E-state index in [0.29, 0.717) is 18.8 Å². The van der Waals surface area contributed by atoms with Gasteiger partial charge >= 0.3 is 0 Å². The second-order valence-corrected chi connectivity index (χ2v) is 4.90. The molecular formula is C16H19NO2. The van der Waals surface area contributed by atoms with E-state index in [1.165, 1.54) is 5.56 Å². The van der Waals surface area contributed by atoms with Gasteiger partial charge in [0.25, 0.3) is 0 Å². The third-order valence-corrected chi connectivity index (χ3v) is 3.04. The van der Waals surface area contributed by atoms with E-state index in [2.05, 4.69) is 19.2 Å². The van der Waals surface area contributed by atoms with Crippen molar-refractivity contribution in [2.24, 2.45) is 0 Å². The van der Waals surface area contributed by atoms with E-state index < -0.39 is 0 Å². The molecule has 0 bridgehead atoms. The molecule has 0 atom stereocenters. The van der Waals surface area contributed by atoms with Gasteiger partial charge < -0.3 is 9.73 Å². The Kier molecular flexibility index (Phi) is 4.39. The summed E-state index contributed by atoms with van der Waals surface area (Å²) in [6.07, 6.45) is 2.68. The van der Waals surface area contributed by atoms with Crippen molar-refractivity contribution in [2.75, 3.05) is 5.32 Å². The van der Waals surface area contributed by atoms with Crippen LogP contribution in [0.15, 0.2) is 47.1 Å². The molecule has 1 N–H and O–H groups in total.